The third-order valence-corrected chi connectivity index (χ3v) is 3.10. The van der Waals surface area contributed by atoms with Crippen LogP contribution in [0.1, 0.15) is 16.1 Å². The van der Waals surface area contributed by atoms with Crippen LogP contribution < -0.4 is 14.8 Å². The quantitative estimate of drug-likeness (QED) is 0.808. The first-order valence-corrected chi connectivity index (χ1v) is 5.80. The van der Waals surface area contributed by atoms with Crippen LogP contribution in [-0.2, 0) is 0 Å². The van der Waals surface area contributed by atoms with Gasteiger partial charge in [0.25, 0.3) is 0 Å². The van der Waals surface area contributed by atoms with Gasteiger partial charge < -0.3 is 19.8 Å². The molecule has 0 spiro atoms. The summed E-state index contributed by atoms with van der Waals surface area (Å²) in [5.74, 6) is 1.48. The lowest BCUT2D eigenvalue weighted by Gasteiger charge is -2.01. The fraction of sp³-hybridized carbons (Fsp3) is 0.308. The van der Waals surface area contributed by atoms with Gasteiger partial charge in [-0.25, -0.2) is 0 Å². The minimum absolute atomic E-state index is 0.0696. The summed E-state index contributed by atoms with van der Waals surface area (Å²) in [5.41, 5.74) is 2.49. The van der Waals surface area contributed by atoms with Crippen LogP contribution in [0.15, 0.2) is 12.1 Å². The molecule has 2 heterocycles. The highest BCUT2D eigenvalue weighted by atomic mass is 16.7. The van der Waals surface area contributed by atoms with Gasteiger partial charge in [-0.15, -0.1) is 0 Å². The van der Waals surface area contributed by atoms with Crippen LogP contribution in [0.2, 0.25) is 0 Å². The molecule has 0 radical (unpaired) electrons. The summed E-state index contributed by atoms with van der Waals surface area (Å²) in [6.45, 7) is 2.46. The molecule has 0 amide bonds. The molecule has 94 valence electrons. The topological polar surface area (TPSA) is 63.4 Å². The van der Waals surface area contributed by atoms with E-state index in [1.54, 1.807) is 7.05 Å². The Bertz CT molecular complexity index is 631. The molecule has 5 heteroatoms. The van der Waals surface area contributed by atoms with E-state index >= 15 is 0 Å². The van der Waals surface area contributed by atoms with Gasteiger partial charge in [-0.05, 0) is 20.0 Å². The zero-order chi connectivity index (χ0) is 12.7. The Morgan fingerprint density at radius 3 is 2.83 bits per heavy atom. The largest absolute Gasteiger partial charge is 0.454 e. The summed E-state index contributed by atoms with van der Waals surface area (Å²) in [7, 11) is 1.76. The number of aromatic nitrogens is 1. The van der Waals surface area contributed by atoms with E-state index in [1.165, 1.54) is 0 Å². The van der Waals surface area contributed by atoms with E-state index in [0.29, 0.717) is 12.3 Å². The molecule has 1 aliphatic rings. The highest BCUT2D eigenvalue weighted by Crippen LogP contribution is 2.37. The highest BCUT2D eigenvalue weighted by Gasteiger charge is 2.20. The Morgan fingerprint density at radius 1 is 1.39 bits per heavy atom. The number of aromatic amines is 1. The molecule has 0 aliphatic carbocycles. The van der Waals surface area contributed by atoms with Crippen LogP contribution in [0.3, 0.4) is 0 Å². The van der Waals surface area contributed by atoms with Crippen molar-refractivity contribution in [2.24, 2.45) is 0 Å². The van der Waals surface area contributed by atoms with Crippen LogP contribution in [-0.4, -0.2) is 31.2 Å². The number of Topliss-reactive ketones (excluding diaryl/α,β-unsaturated/α-hetero) is 1. The number of ketones is 1. The number of hydrogen-bond acceptors (Lipinski definition) is 4. The summed E-state index contributed by atoms with van der Waals surface area (Å²) >= 11 is 0. The van der Waals surface area contributed by atoms with Gasteiger partial charge in [0.15, 0.2) is 17.3 Å². The van der Waals surface area contributed by atoms with Crippen molar-refractivity contribution < 1.29 is 14.3 Å². The normalized spacial score (nSPS) is 13.2. The predicted octanol–water partition coefficient (Wildman–Crippen LogP) is 1.61. The molecule has 3 rings (SSSR count). The summed E-state index contributed by atoms with van der Waals surface area (Å²) < 4.78 is 10.7. The second kappa shape index (κ2) is 4.03. The van der Waals surface area contributed by atoms with Crippen molar-refractivity contribution in [3.05, 3.63) is 23.4 Å². The fourth-order valence-corrected chi connectivity index (χ4v) is 2.33. The molecule has 1 aromatic heterocycles. The zero-order valence-corrected chi connectivity index (χ0v) is 10.3. The van der Waals surface area contributed by atoms with Crippen LogP contribution >= 0.6 is 0 Å². The zero-order valence-electron chi connectivity index (χ0n) is 10.3. The maximum absolute atomic E-state index is 12.1. The van der Waals surface area contributed by atoms with Crippen molar-refractivity contribution in [1.82, 2.24) is 10.3 Å². The van der Waals surface area contributed by atoms with E-state index in [0.717, 1.165) is 27.9 Å². The van der Waals surface area contributed by atoms with Crippen LogP contribution in [0.5, 0.6) is 11.5 Å². The molecule has 0 fully saturated rings. The predicted molar refractivity (Wildman–Crippen MR) is 67.4 cm³/mol. The van der Waals surface area contributed by atoms with Gasteiger partial charge in [-0.1, -0.05) is 0 Å². The highest BCUT2D eigenvalue weighted by molar-refractivity contribution is 6.10. The number of rotatable bonds is 3. The number of H-pyrrole nitrogens is 1. The molecule has 5 nitrogen and oxygen atoms in total. The maximum Gasteiger partial charge on any atom is 0.231 e. The molecule has 18 heavy (non-hydrogen) atoms. The SMILES string of the molecule is CNCC(=O)c1c(C)[nH]c2cc3c(cc12)OCO3. The lowest BCUT2D eigenvalue weighted by molar-refractivity contribution is 0.0994. The Hall–Kier alpha value is -2.01. The Morgan fingerprint density at radius 2 is 2.11 bits per heavy atom. The van der Waals surface area contributed by atoms with Crippen molar-refractivity contribution in [3.63, 3.8) is 0 Å². The van der Waals surface area contributed by atoms with Gasteiger partial charge in [-0.3, -0.25) is 4.79 Å². The van der Waals surface area contributed by atoms with Crippen molar-refractivity contribution in [2.45, 2.75) is 6.92 Å². The number of aryl methyl sites for hydroxylation is 1. The number of fused-ring (bicyclic) bond motifs is 2. The van der Waals surface area contributed by atoms with Crippen LogP contribution in [0.4, 0.5) is 0 Å². The first-order chi connectivity index (χ1) is 8.70. The van der Waals surface area contributed by atoms with Crippen molar-refractivity contribution in [2.75, 3.05) is 20.4 Å². The second-order valence-corrected chi connectivity index (χ2v) is 4.33. The first-order valence-electron chi connectivity index (χ1n) is 5.80. The molecule has 1 aromatic carbocycles. The van der Waals surface area contributed by atoms with E-state index in [-0.39, 0.29) is 12.6 Å². The third kappa shape index (κ3) is 1.55. The lowest BCUT2D eigenvalue weighted by atomic mass is 10.1. The lowest BCUT2D eigenvalue weighted by Crippen LogP contribution is -2.18. The molecule has 0 saturated heterocycles. The van der Waals surface area contributed by atoms with Gasteiger partial charge >= 0.3 is 0 Å². The Labute approximate surface area is 104 Å². The smallest absolute Gasteiger partial charge is 0.231 e. The minimum atomic E-state index is 0.0696. The summed E-state index contributed by atoms with van der Waals surface area (Å²) in [6, 6.07) is 3.74. The molecule has 0 atom stereocenters. The van der Waals surface area contributed by atoms with Gasteiger partial charge in [0, 0.05) is 22.7 Å². The van der Waals surface area contributed by atoms with E-state index < -0.39 is 0 Å². The van der Waals surface area contributed by atoms with Gasteiger partial charge in [0.05, 0.1) is 12.1 Å². The molecule has 1 aliphatic heterocycles. The Kier molecular flexibility index (Phi) is 2.48. The number of benzene rings is 1. The fourth-order valence-electron chi connectivity index (χ4n) is 2.33. The van der Waals surface area contributed by atoms with Crippen molar-refractivity contribution >= 4 is 16.7 Å². The first kappa shape index (κ1) is 11.1. The van der Waals surface area contributed by atoms with E-state index in [4.69, 9.17) is 9.47 Å². The molecule has 0 unspecified atom stereocenters. The van der Waals surface area contributed by atoms with Gasteiger partial charge in [-0.2, -0.15) is 0 Å². The maximum atomic E-state index is 12.1. The summed E-state index contributed by atoms with van der Waals surface area (Å²) in [6.07, 6.45) is 0. The average molecular weight is 246 g/mol. The van der Waals surface area contributed by atoms with Gasteiger partial charge in [0.2, 0.25) is 6.79 Å². The van der Waals surface area contributed by atoms with E-state index in [9.17, 15) is 4.79 Å². The molecule has 2 N–H and O–H groups in total. The Balaban J connectivity index is 2.19. The second-order valence-electron chi connectivity index (χ2n) is 4.33. The summed E-state index contributed by atoms with van der Waals surface area (Å²) in [4.78, 5) is 15.3. The molecular weight excluding hydrogens is 232 g/mol. The van der Waals surface area contributed by atoms with Crippen LogP contribution in [0.25, 0.3) is 10.9 Å². The number of carbonyl (C=O) groups excluding carboxylic acids is 1. The molecule has 0 bridgehead atoms. The number of likely N-dealkylation sites (N-methyl/N-ethyl adjacent to an activating group) is 1. The average Bonchev–Trinajstić information content (AvgIpc) is 2.88. The summed E-state index contributed by atoms with van der Waals surface area (Å²) in [5, 5.41) is 3.77. The molecule has 2 aromatic rings. The number of hydrogen-bond donors (Lipinski definition) is 2. The van der Waals surface area contributed by atoms with Gasteiger partial charge in [0.1, 0.15) is 0 Å². The van der Waals surface area contributed by atoms with E-state index in [1.807, 2.05) is 19.1 Å². The number of carbonyl (C=O) groups is 1. The van der Waals surface area contributed by atoms with Crippen molar-refractivity contribution in [3.8, 4) is 11.5 Å². The standard InChI is InChI=1S/C13H14N2O3/c1-7-13(10(16)5-14-2)8-3-11-12(18-6-17-11)4-9(8)15-7/h3-4,14-15H,5-6H2,1-2H3. The van der Waals surface area contributed by atoms with Crippen molar-refractivity contribution in [1.29, 1.82) is 0 Å². The van der Waals surface area contributed by atoms with Crippen LogP contribution in [0, 0.1) is 6.92 Å². The number of nitrogens with one attached hydrogen (secondary N) is 2. The number of ether oxygens (including phenoxy) is 2. The molecule has 0 saturated carbocycles. The molecular formula is C13H14N2O3. The van der Waals surface area contributed by atoms with E-state index in [2.05, 4.69) is 10.3 Å². The monoisotopic (exact) mass is 246 g/mol. The third-order valence-electron chi connectivity index (χ3n) is 3.10. The minimum Gasteiger partial charge on any atom is -0.454 e.